The number of methoxy groups -OCH3 is 1. The third-order valence-corrected chi connectivity index (χ3v) is 5.42. The number of carbonyl (C=O) groups is 2. The van der Waals surface area contributed by atoms with Crippen molar-refractivity contribution in [2.24, 2.45) is 0 Å². The summed E-state index contributed by atoms with van der Waals surface area (Å²) in [6, 6.07) is 1.39. The first kappa shape index (κ1) is 23.8. The SMILES string of the molecule is CCOC(=O)C1(OC(=O)Cc2c(Cl)cc(C(F)(F)F)cc2Cl)CCCC(OC)C1. The molecule has 2 unspecified atom stereocenters. The average Bonchev–Trinajstić information content (AvgIpc) is 2.64. The van der Waals surface area contributed by atoms with Gasteiger partial charge in [-0.1, -0.05) is 23.2 Å². The third kappa shape index (κ3) is 5.77. The number of carbonyl (C=O) groups excluding carboxylic acids is 2. The van der Waals surface area contributed by atoms with Gasteiger partial charge in [-0.25, -0.2) is 4.79 Å². The quantitative estimate of drug-likeness (QED) is 0.564. The largest absolute Gasteiger partial charge is 0.463 e. The number of benzene rings is 1. The Balaban J connectivity index is 2.24. The summed E-state index contributed by atoms with van der Waals surface area (Å²) in [5.41, 5.74) is -2.55. The summed E-state index contributed by atoms with van der Waals surface area (Å²) in [7, 11) is 1.50. The van der Waals surface area contributed by atoms with Crippen LogP contribution in [0.2, 0.25) is 10.0 Å². The molecule has 29 heavy (non-hydrogen) atoms. The fraction of sp³-hybridized carbons (Fsp3) is 0.579. The molecule has 1 fully saturated rings. The Kier molecular flexibility index (Phi) is 7.81. The Morgan fingerprint density at radius 3 is 2.38 bits per heavy atom. The van der Waals surface area contributed by atoms with E-state index in [-0.39, 0.29) is 41.2 Å². The molecule has 2 atom stereocenters. The summed E-state index contributed by atoms with van der Waals surface area (Å²) in [6.45, 7) is 1.73. The Bertz CT molecular complexity index is 746. The number of ether oxygens (including phenoxy) is 3. The third-order valence-electron chi connectivity index (χ3n) is 4.74. The number of esters is 2. The molecule has 5 nitrogen and oxygen atoms in total. The minimum absolute atomic E-state index is 0.00977. The molecule has 1 saturated carbocycles. The van der Waals surface area contributed by atoms with Gasteiger partial charge in [0.25, 0.3) is 0 Å². The molecule has 2 rings (SSSR count). The first-order valence-electron chi connectivity index (χ1n) is 8.99. The minimum Gasteiger partial charge on any atom is -0.463 e. The van der Waals surface area contributed by atoms with Crippen LogP contribution in [0.3, 0.4) is 0 Å². The zero-order valence-corrected chi connectivity index (χ0v) is 17.4. The van der Waals surface area contributed by atoms with Gasteiger partial charge in [-0.3, -0.25) is 4.79 Å². The van der Waals surface area contributed by atoms with Gasteiger partial charge >= 0.3 is 18.1 Å². The van der Waals surface area contributed by atoms with E-state index in [0.717, 1.165) is 0 Å². The highest BCUT2D eigenvalue weighted by atomic mass is 35.5. The van der Waals surface area contributed by atoms with Gasteiger partial charge < -0.3 is 14.2 Å². The van der Waals surface area contributed by atoms with Crippen LogP contribution in [0.1, 0.15) is 43.7 Å². The Morgan fingerprint density at radius 1 is 1.24 bits per heavy atom. The van der Waals surface area contributed by atoms with Crippen LogP contribution in [0.15, 0.2) is 12.1 Å². The van der Waals surface area contributed by atoms with Crippen LogP contribution < -0.4 is 0 Å². The molecule has 0 spiro atoms. The van der Waals surface area contributed by atoms with Crippen LogP contribution >= 0.6 is 23.2 Å². The second kappa shape index (κ2) is 9.53. The average molecular weight is 457 g/mol. The zero-order valence-electron chi connectivity index (χ0n) is 15.9. The molecule has 0 saturated heterocycles. The molecule has 0 N–H and O–H groups in total. The second-order valence-electron chi connectivity index (χ2n) is 6.74. The molecule has 1 aromatic carbocycles. The van der Waals surface area contributed by atoms with Gasteiger partial charge in [-0.15, -0.1) is 0 Å². The van der Waals surface area contributed by atoms with Crippen molar-refractivity contribution in [1.82, 2.24) is 0 Å². The van der Waals surface area contributed by atoms with Crippen molar-refractivity contribution in [3.63, 3.8) is 0 Å². The topological polar surface area (TPSA) is 61.8 Å². The molecule has 0 bridgehead atoms. The Hall–Kier alpha value is -1.51. The lowest BCUT2D eigenvalue weighted by molar-refractivity contribution is -0.191. The number of alkyl halides is 3. The maximum absolute atomic E-state index is 12.9. The van der Waals surface area contributed by atoms with E-state index in [0.29, 0.717) is 25.0 Å². The molecule has 0 aliphatic heterocycles. The summed E-state index contributed by atoms with van der Waals surface area (Å²) in [6.07, 6.45) is -3.75. The first-order chi connectivity index (χ1) is 13.5. The van der Waals surface area contributed by atoms with E-state index in [1.807, 2.05) is 0 Å². The summed E-state index contributed by atoms with van der Waals surface area (Å²) < 4.78 is 54.5. The monoisotopic (exact) mass is 456 g/mol. The predicted octanol–water partition coefficient (Wildman–Crippen LogP) is 4.99. The molecule has 0 amide bonds. The van der Waals surface area contributed by atoms with Crippen molar-refractivity contribution in [3.05, 3.63) is 33.3 Å². The van der Waals surface area contributed by atoms with Crippen LogP contribution in [0, 0.1) is 0 Å². The summed E-state index contributed by atoms with van der Waals surface area (Å²) in [5, 5.41) is -0.629. The molecule has 1 aromatic rings. The van der Waals surface area contributed by atoms with Crippen molar-refractivity contribution >= 4 is 35.1 Å². The highest BCUT2D eigenvalue weighted by molar-refractivity contribution is 6.36. The predicted molar refractivity (Wildman–Crippen MR) is 99.9 cm³/mol. The van der Waals surface area contributed by atoms with Crippen molar-refractivity contribution in [2.45, 2.75) is 56.9 Å². The van der Waals surface area contributed by atoms with Gasteiger partial charge in [0.05, 0.1) is 24.7 Å². The molecule has 162 valence electrons. The van der Waals surface area contributed by atoms with Crippen LogP contribution in [0.5, 0.6) is 0 Å². The fourth-order valence-electron chi connectivity index (χ4n) is 3.30. The van der Waals surface area contributed by atoms with Crippen LogP contribution in [0.4, 0.5) is 13.2 Å². The lowest BCUT2D eigenvalue weighted by Gasteiger charge is -2.37. The van der Waals surface area contributed by atoms with E-state index >= 15 is 0 Å². The smallest absolute Gasteiger partial charge is 0.416 e. The summed E-state index contributed by atoms with van der Waals surface area (Å²) in [5.74, 6) is -1.53. The molecule has 1 aliphatic carbocycles. The lowest BCUT2D eigenvalue weighted by atomic mass is 9.82. The van der Waals surface area contributed by atoms with Gasteiger partial charge in [-0.05, 0) is 38.3 Å². The summed E-state index contributed by atoms with van der Waals surface area (Å²) >= 11 is 11.8. The molecule has 0 aromatic heterocycles. The van der Waals surface area contributed by atoms with Crippen molar-refractivity contribution in [2.75, 3.05) is 13.7 Å². The molecule has 0 radical (unpaired) electrons. The second-order valence-corrected chi connectivity index (χ2v) is 7.55. The number of hydrogen-bond acceptors (Lipinski definition) is 5. The van der Waals surface area contributed by atoms with Crippen LogP contribution in [-0.2, 0) is 36.4 Å². The van der Waals surface area contributed by atoms with E-state index in [1.54, 1.807) is 6.92 Å². The molecule has 0 heterocycles. The van der Waals surface area contributed by atoms with E-state index in [4.69, 9.17) is 37.4 Å². The van der Waals surface area contributed by atoms with E-state index in [2.05, 4.69) is 0 Å². The van der Waals surface area contributed by atoms with E-state index in [1.165, 1.54) is 7.11 Å². The van der Waals surface area contributed by atoms with E-state index < -0.39 is 35.7 Å². The standard InChI is InChI=1S/C19H21Cl2F3O5/c1-3-28-17(26)18(6-4-5-12(10-18)27-2)29-16(25)9-13-14(20)7-11(8-15(13)21)19(22,23)24/h7-8,12H,3-6,9-10H2,1-2H3. The van der Waals surface area contributed by atoms with Gasteiger partial charge in [0.2, 0.25) is 5.60 Å². The minimum atomic E-state index is -4.63. The number of hydrogen-bond donors (Lipinski definition) is 0. The Morgan fingerprint density at radius 2 is 1.86 bits per heavy atom. The molecule has 10 heteroatoms. The first-order valence-corrected chi connectivity index (χ1v) is 9.75. The lowest BCUT2D eigenvalue weighted by Crippen LogP contribution is -2.50. The fourth-order valence-corrected chi connectivity index (χ4v) is 3.93. The van der Waals surface area contributed by atoms with Gasteiger partial charge in [0.1, 0.15) is 0 Å². The van der Waals surface area contributed by atoms with E-state index in [9.17, 15) is 22.8 Å². The molecule has 1 aliphatic rings. The Labute approximate surface area is 176 Å². The van der Waals surface area contributed by atoms with Crippen molar-refractivity contribution in [3.8, 4) is 0 Å². The number of halogens is 5. The van der Waals surface area contributed by atoms with Gasteiger partial charge in [0.15, 0.2) is 0 Å². The maximum Gasteiger partial charge on any atom is 0.416 e. The summed E-state index contributed by atoms with van der Waals surface area (Å²) in [4.78, 5) is 25.1. The number of rotatable bonds is 6. The zero-order chi connectivity index (χ0) is 21.8. The van der Waals surface area contributed by atoms with Gasteiger partial charge in [-0.2, -0.15) is 13.2 Å². The van der Waals surface area contributed by atoms with Crippen LogP contribution in [-0.4, -0.2) is 37.4 Å². The normalized spacial score (nSPS) is 22.2. The molecular weight excluding hydrogens is 436 g/mol. The van der Waals surface area contributed by atoms with Gasteiger partial charge in [0, 0.05) is 29.1 Å². The highest BCUT2D eigenvalue weighted by Gasteiger charge is 2.48. The maximum atomic E-state index is 12.9. The highest BCUT2D eigenvalue weighted by Crippen LogP contribution is 2.38. The van der Waals surface area contributed by atoms with Crippen molar-refractivity contribution < 1.29 is 37.0 Å². The van der Waals surface area contributed by atoms with Crippen LogP contribution in [0.25, 0.3) is 0 Å². The van der Waals surface area contributed by atoms with Crippen molar-refractivity contribution in [1.29, 1.82) is 0 Å². The molecular formula is C19H21Cl2F3O5.